The number of anilines is 1. The van der Waals surface area contributed by atoms with Crippen LogP contribution in [0.2, 0.25) is 0 Å². The Morgan fingerprint density at radius 3 is 2.27 bits per heavy atom. The van der Waals surface area contributed by atoms with Gasteiger partial charge in [-0.15, -0.1) is 0 Å². The SMILES string of the molecule is COc1ccc(C(=O)Nc2cccc(CNCc3ccccc3)c2)cc1. The molecule has 2 N–H and O–H groups in total. The molecule has 3 aromatic rings. The van der Waals surface area contributed by atoms with E-state index in [2.05, 4.69) is 22.8 Å². The minimum Gasteiger partial charge on any atom is -0.497 e. The van der Waals surface area contributed by atoms with Crippen LogP contribution in [0.15, 0.2) is 78.9 Å². The van der Waals surface area contributed by atoms with Gasteiger partial charge in [0, 0.05) is 24.3 Å². The van der Waals surface area contributed by atoms with Gasteiger partial charge in [-0.3, -0.25) is 4.79 Å². The van der Waals surface area contributed by atoms with E-state index in [1.807, 2.05) is 42.5 Å². The van der Waals surface area contributed by atoms with Crippen molar-refractivity contribution in [2.45, 2.75) is 13.1 Å². The fraction of sp³-hybridized carbons (Fsp3) is 0.136. The Kier molecular flexibility index (Phi) is 6.01. The minimum absolute atomic E-state index is 0.137. The predicted molar refractivity (Wildman–Crippen MR) is 104 cm³/mol. The Labute approximate surface area is 153 Å². The summed E-state index contributed by atoms with van der Waals surface area (Å²) in [5.41, 5.74) is 3.74. The lowest BCUT2D eigenvalue weighted by Crippen LogP contribution is -2.14. The van der Waals surface area contributed by atoms with Crippen molar-refractivity contribution in [1.29, 1.82) is 0 Å². The monoisotopic (exact) mass is 346 g/mol. The zero-order chi connectivity index (χ0) is 18.2. The normalized spacial score (nSPS) is 10.3. The lowest BCUT2D eigenvalue weighted by atomic mass is 10.1. The zero-order valence-electron chi connectivity index (χ0n) is 14.7. The van der Waals surface area contributed by atoms with Gasteiger partial charge in [-0.2, -0.15) is 0 Å². The molecule has 0 atom stereocenters. The maximum absolute atomic E-state index is 12.4. The van der Waals surface area contributed by atoms with E-state index in [-0.39, 0.29) is 5.91 Å². The molecule has 0 aromatic heterocycles. The van der Waals surface area contributed by atoms with Gasteiger partial charge in [-0.1, -0.05) is 42.5 Å². The topological polar surface area (TPSA) is 50.4 Å². The highest BCUT2D eigenvalue weighted by Gasteiger charge is 2.06. The van der Waals surface area contributed by atoms with Gasteiger partial charge in [-0.25, -0.2) is 0 Å². The summed E-state index contributed by atoms with van der Waals surface area (Å²) in [5, 5.41) is 6.35. The summed E-state index contributed by atoms with van der Waals surface area (Å²) in [5.74, 6) is 0.593. The molecule has 4 nitrogen and oxygen atoms in total. The molecule has 0 spiro atoms. The van der Waals surface area contributed by atoms with Crippen LogP contribution >= 0.6 is 0 Å². The summed E-state index contributed by atoms with van der Waals surface area (Å²) < 4.78 is 5.11. The van der Waals surface area contributed by atoms with Crippen molar-refractivity contribution < 1.29 is 9.53 Å². The third kappa shape index (κ3) is 4.94. The second kappa shape index (κ2) is 8.83. The van der Waals surface area contributed by atoms with Crippen LogP contribution in [0.1, 0.15) is 21.5 Å². The number of nitrogens with one attached hydrogen (secondary N) is 2. The molecule has 0 aliphatic heterocycles. The van der Waals surface area contributed by atoms with E-state index in [1.165, 1.54) is 5.56 Å². The number of rotatable bonds is 7. The molecule has 0 fully saturated rings. The van der Waals surface area contributed by atoms with Gasteiger partial charge in [0.05, 0.1) is 7.11 Å². The average Bonchev–Trinajstić information content (AvgIpc) is 2.69. The third-order valence-corrected chi connectivity index (χ3v) is 4.04. The van der Waals surface area contributed by atoms with Crippen molar-refractivity contribution in [3.05, 3.63) is 95.6 Å². The van der Waals surface area contributed by atoms with E-state index >= 15 is 0 Å². The Morgan fingerprint density at radius 1 is 0.846 bits per heavy atom. The van der Waals surface area contributed by atoms with Gasteiger partial charge >= 0.3 is 0 Å². The molecule has 0 aliphatic rings. The molecule has 0 radical (unpaired) electrons. The van der Waals surface area contributed by atoms with Crippen LogP contribution in [0.25, 0.3) is 0 Å². The molecule has 132 valence electrons. The van der Waals surface area contributed by atoms with Crippen molar-refractivity contribution in [2.24, 2.45) is 0 Å². The number of carbonyl (C=O) groups excluding carboxylic acids is 1. The lowest BCUT2D eigenvalue weighted by molar-refractivity contribution is 0.102. The van der Waals surface area contributed by atoms with Gasteiger partial charge in [0.2, 0.25) is 0 Å². The summed E-state index contributed by atoms with van der Waals surface area (Å²) >= 11 is 0. The smallest absolute Gasteiger partial charge is 0.255 e. The highest BCUT2D eigenvalue weighted by molar-refractivity contribution is 6.04. The Morgan fingerprint density at radius 2 is 1.54 bits per heavy atom. The van der Waals surface area contributed by atoms with Crippen molar-refractivity contribution in [2.75, 3.05) is 12.4 Å². The van der Waals surface area contributed by atoms with Gasteiger partial charge in [0.1, 0.15) is 5.75 Å². The number of amides is 1. The fourth-order valence-electron chi connectivity index (χ4n) is 2.65. The predicted octanol–water partition coefficient (Wildman–Crippen LogP) is 4.24. The van der Waals surface area contributed by atoms with Crippen LogP contribution in [-0.2, 0) is 13.1 Å². The molecular formula is C22H22N2O2. The molecular weight excluding hydrogens is 324 g/mol. The molecule has 0 bridgehead atoms. The van der Waals surface area contributed by atoms with Crippen LogP contribution in [0.4, 0.5) is 5.69 Å². The largest absolute Gasteiger partial charge is 0.497 e. The molecule has 0 aliphatic carbocycles. The van der Waals surface area contributed by atoms with Crippen LogP contribution in [0.3, 0.4) is 0 Å². The lowest BCUT2D eigenvalue weighted by Gasteiger charge is -2.09. The summed E-state index contributed by atoms with van der Waals surface area (Å²) in [4.78, 5) is 12.4. The number of carbonyl (C=O) groups is 1. The van der Waals surface area contributed by atoms with Crippen molar-refractivity contribution >= 4 is 11.6 Å². The Hall–Kier alpha value is -3.11. The van der Waals surface area contributed by atoms with E-state index in [9.17, 15) is 4.79 Å². The first kappa shape index (κ1) is 17.7. The number of ether oxygens (including phenoxy) is 1. The first-order valence-corrected chi connectivity index (χ1v) is 8.53. The third-order valence-electron chi connectivity index (χ3n) is 4.04. The maximum atomic E-state index is 12.4. The summed E-state index contributed by atoms with van der Waals surface area (Å²) in [7, 11) is 1.60. The van der Waals surface area contributed by atoms with Crippen molar-refractivity contribution in [3.8, 4) is 5.75 Å². The molecule has 3 rings (SSSR count). The van der Waals surface area contributed by atoms with E-state index in [4.69, 9.17) is 4.74 Å². The summed E-state index contributed by atoms with van der Waals surface area (Å²) in [6.45, 7) is 1.55. The van der Waals surface area contributed by atoms with Crippen LogP contribution in [0, 0.1) is 0 Å². The molecule has 1 amide bonds. The summed E-state index contributed by atoms with van der Waals surface area (Å²) in [6.07, 6.45) is 0. The second-order valence-electron chi connectivity index (χ2n) is 5.97. The second-order valence-corrected chi connectivity index (χ2v) is 5.97. The van der Waals surface area contributed by atoms with Gasteiger partial charge in [0.25, 0.3) is 5.91 Å². The average molecular weight is 346 g/mol. The number of benzene rings is 3. The zero-order valence-corrected chi connectivity index (χ0v) is 14.7. The molecule has 0 unspecified atom stereocenters. The Balaban J connectivity index is 1.57. The molecule has 0 heterocycles. The van der Waals surface area contributed by atoms with Gasteiger partial charge < -0.3 is 15.4 Å². The Bertz CT molecular complexity index is 846. The highest BCUT2D eigenvalue weighted by atomic mass is 16.5. The summed E-state index contributed by atoms with van der Waals surface area (Å²) in [6, 6.07) is 25.2. The van der Waals surface area contributed by atoms with E-state index in [1.54, 1.807) is 31.4 Å². The number of hydrogen-bond acceptors (Lipinski definition) is 3. The molecule has 26 heavy (non-hydrogen) atoms. The fourth-order valence-corrected chi connectivity index (χ4v) is 2.65. The van der Waals surface area contributed by atoms with Gasteiger partial charge in [-0.05, 0) is 47.5 Å². The quantitative estimate of drug-likeness (QED) is 0.673. The first-order chi connectivity index (χ1) is 12.7. The van der Waals surface area contributed by atoms with E-state index in [0.717, 1.165) is 30.1 Å². The first-order valence-electron chi connectivity index (χ1n) is 8.53. The van der Waals surface area contributed by atoms with Crippen LogP contribution in [0.5, 0.6) is 5.75 Å². The highest BCUT2D eigenvalue weighted by Crippen LogP contribution is 2.15. The van der Waals surface area contributed by atoms with E-state index < -0.39 is 0 Å². The molecule has 0 saturated carbocycles. The molecule has 3 aromatic carbocycles. The molecule has 4 heteroatoms. The van der Waals surface area contributed by atoms with E-state index in [0.29, 0.717) is 5.56 Å². The standard InChI is InChI=1S/C22H22N2O2/c1-26-21-12-10-19(11-13-21)22(25)24-20-9-5-8-18(14-20)16-23-15-17-6-3-2-4-7-17/h2-14,23H,15-16H2,1H3,(H,24,25). The van der Waals surface area contributed by atoms with Crippen LogP contribution in [-0.4, -0.2) is 13.0 Å². The number of methoxy groups -OCH3 is 1. The van der Waals surface area contributed by atoms with Gasteiger partial charge in [0.15, 0.2) is 0 Å². The van der Waals surface area contributed by atoms with Crippen molar-refractivity contribution in [1.82, 2.24) is 5.32 Å². The minimum atomic E-state index is -0.137. The van der Waals surface area contributed by atoms with Crippen molar-refractivity contribution in [3.63, 3.8) is 0 Å². The maximum Gasteiger partial charge on any atom is 0.255 e. The van der Waals surface area contributed by atoms with Crippen LogP contribution < -0.4 is 15.4 Å². The molecule has 0 saturated heterocycles. The number of hydrogen-bond donors (Lipinski definition) is 2.